The molecule has 0 nitrogen and oxygen atoms in total. The Hall–Kier alpha value is 0. The lowest BCUT2D eigenvalue weighted by atomic mass is 9.70. The smallest absolute Gasteiger partial charge is 0.0386 e. The van der Waals surface area contributed by atoms with E-state index in [0.29, 0.717) is 0 Å². The molecule has 0 amide bonds. The number of hydrogen-bond donors (Lipinski definition) is 0. The lowest BCUT2D eigenvalue weighted by molar-refractivity contribution is 0.152. The summed E-state index contributed by atoms with van der Waals surface area (Å²) >= 11 is 0. The zero-order chi connectivity index (χ0) is 19.2. The molecule has 25 heavy (non-hydrogen) atoms. The van der Waals surface area contributed by atoms with E-state index < -0.39 is 0 Å². The molecule has 0 aliphatic heterocycles. The molecule has 0 aromatic rings. The summed E-state index contributed by atoms with van der Waals surface area (Å²) in [6.07, 6.45) is 15.8. The van der Waals surface area contributed by atoms with Gasteiger partial charge in [-0.05, 0) is 67.6 Å². The molecule has 152 valence electrons. The summed E-state index contributed by atoms with van der Waals surface area (Å²) in [5.41, 5.74) is 0. The van der Waals surface area contributed by atoms with Gasteiger partial charge < -0.3 is 0 Å². The van der Waals surface area contributed by atoms with Gasteiger partial charge in [-0.3, -0.25) is 0 Å². The minimum Gasteiger partial charge on any atom is -0.0651 e. The summed E-state index contributed by atoms with van der Waals surface area (Å²) in [4.78, 5) is 0. The third-order valence-electron chi connectivity index (χ3n) is 7.45. The van der Waals surface area contributed by atoms with Crippen molar-refractivity contribution in [1.29, 1.82) is 0 Å². The van der Waals surface area contributed by atoms with Gasteiger partial charge in [0.2, 0.25) is 0 Å². The normalized spacial score (nSPS) is 23.3. The molecule has 1 fully saturated rings. The summed E-state index contributed by atoms with van der Waals surface area (Å²) in [5, 5.41) is 0. The maximum atomic E-state index is 2.38. The predicted octanol–water partition coefficient (Wildman–Crippen LogP) is 9.13. The molecular formula is C25H52. The van der Waals surface area contributed by atoms with E-state index in [4.69, 9.17) is 0 Å². The first-order valence-electron chi connectivity index (χ1n) is 12.0. The summed E-state index contributed by atoms with van der Waals surface area (Å²) < 4.78 is 0. The Bertz CT molecular complexity index is 238. The molecule has 1 saturated carbocycles. The molecule has 1 rings (SSSR count). The van der Waals surface area contributed by atoms with Crippen LogP contribution in [0.3, 0.4) is 0 Å². The molecule has 1 aliphatic carbocycles. The summed E-state index contributed by atoms with van der Waals surface area (Å²) in [7, 11) is 0. The van der Waals surface area contributed by atoms with Gasteiger partial charge in [-0.25, -0.2) is 0 Å². The Kier molecular flexibility index (Phi) is 15.1. The van der Waals surface area contributed by atoms with Gasteiger partial charge >= 0.3 is 0 Å². The fraction of sp³-hybridized carbons (Fsp3) is 1.00. The van der Waals surface area contributed by atoms with Crippen LogP contribution in [0.25, 0.3) is 0 Å². The van der Waals surface area contributed by atoms with Gasteiger partial charge in [0.1, 0.15) is 0 Å². The maximum Gasteiger partial charge on any atom is -0.0386 e. The van der Waals surface area contributed by atoms with E-state index in [2.05, 4.69) is 55.4 Å². The van der Waals surface area contributed by atoms with Gasteiger partial charge in [0.05, 0.1) is 0 Å². The first-order valence-corrected chi connectivity index (χ1v) is 12.0. The minimum atomic E-state index is 0.931. The third-order valence-corrected chi connectivity index (χ3v) is 7.45. The topological polar surface area (TPSA) is 0 Å². The largest absolute Gasteiger partial charge is 0.0651 e. The molecule has 2 atom stereocenters. The van der Waals surface area contributed by atoms with E-state index in [1.165, 1.54) is 70.6 Å². The zero-order valence-corrected chi connectivity index (χ0v) is 19.2. The summed E-state index contributed by atoms with van der Waals surface area (Å²) in [6, 6.07) is 0. The van der Waals surface area contributed by atoms with Crippen LogP contribution in [0.4, 0.5) is 0 Å². The van der Waals surface area contributed by atoms with Crippen LogP contribution >= 0.6 is 0 Å². The fourth-order valence-electron chi connectivity index (χ4n) is 5.02. The summed E-state index contributed by atoms with van der Waals surface area (Å²) in [6.45, 7) is 18.7. The molecule has 1 aliphatic rings. The van der Waals surface area contributed by atoms with Crippen molar-refractivity contribution >= 4 is 0 Å². The molecule has 2 unspecified atom stereocenters. The molecule has 0 heteroatoms. The minimum absolute atomic E-state index is 0.931. The third kappa shape index (κ3) is 10.0. The highest BCUT2D eigenvalue weighted by Gasteiger charge is 2.28. The average Bonchev–Trinajstić information content (AvgIpc) is 2.65. The van der Waals surface area contributed by atoms with Gasteiger partial charge in [0, 0.05) is 0 Å². The van der Waals surface area contributed by atoms with E-state index in [9.17, 15) is 0 Å². The Morgan fingerprint density at radius 3 is 1.00 bits per heavy atom. The van der Waals surface area contributed by atoms with Crippen molar-refractivity contribution in [3.63, 3.8) is 0 Å². The van der Waals surface area contributed by atoms with Gasteiger partial charge in [-0.1, -0.05) is 93.9 Å². The first-order chi connectivity index (χ1) is 12.0. The van der Waals surface area contributed by atoms with Crippen LogP contribution in [0.15, 0.2) is 0 Å². The molecule has 0 bridgehead atoms. The Morgan fingerprint density at radius 2 is 0.800 bits per heavy atom. The van der Waals surface area contributed by atoms with E-state index in [1.807, 2.05) is 0 Å². The van der Waals surface area contributed by atoms with Crippen molar-refractivity contribution in [1.82, 2.24) is 0 Å². The van der Waals surface area contributed by atoms with Crippen molar-refractivity contribution in [3.05, 3.63) is 0 Å². The van der Waals surface area contributed by atoms with Crippen LogP contribution in [0.1, 0.15) is 126 Å². The molecule has 0 radical (unpaired) electrons. The Balaban J connectivity index is 0.000000547. The Morgan fingerprint density at radius 1 is 0.520 bits per heavy atom. The molecule has 0 spiro atoms. The molecule has 0 heterocycles. The molecule has 0 saturated heterocycles. The second kappa shape index (κ2) is 15.1. The van der Waals surface area contributed by atoms with Crippen molar-refractivity contribution < 1.29 is 0 Å². The maximum absolute atomic E-state index is 2.38. The van der Waals surface area contributed by atoms with Crippen LogP contribution in [0.5, 0.6) is 0 Å². The Labute approximate surface area is 161 Å². The monoisotopic (exact) mass is 352 g/mol. The second-order valence-corrected chi connectivity index (χ2v) is 9.09. The SMILES string of the molecule is CCC(C)CC(C)CC.CCC(CC)C1CCC(C(CC)CC)CC1. The van der Waals surface area contributed by atoms with Crippen molar-refractivity contribution in [3.8, 4) is 0 Å². The predicted molar refractivity (Wildman–Crippen MR) is 117 cm³/mol. The number of hydrogen-bond acceptors (Lipinski definition) is 0. The van der Waals surface area contributed by atoms with Crippen molar-refractivity contribution in [2.45, 2.75) is 126 Å². The van der Waals surface area contributed by atoms with E-state index in [0.717, 1.165) is 35.5 Å². The lowest BCUT2D eigenvalue weighted by Crippen LogP contribution is -2.25. The average molecular weight is 353 g/mol. The molecule has 0 N–H and O–H groups in total. The fourth-order valence-corrected chi connectivity index (χ4v) is 5.02. The standard InChI is InChI=1S/C16H32.C9H20/c1-5-13(6-2)15-9-11-16(12-10-15)14(7-3)8-4;1-5-8(3)7-9(4)6-2/h13-16H,5-12H2,1-4H3;8-9H,5-7H2,1-4H3. The van der Waals surface area contributed by atoms with E-state index in [1.54, 1.807) is 0 Å². The van der Waals surface area contributed by atoms with Crippen LogP contribution < -0.4 is 0 Å². The molecular weight excluding hydrogens is 300 g/mol. The van der Waals surface area contributed by atoms with Crippen LogP contribution in [0, 0.1) is 35.5 Å². The summed E-state index contributed by atoms with van der Waals surface area (Å²) in [5.74, 6) is 6.01. The highest BCUT2D eigenvalue weighted by atomic mass is 14.3. The number of rotatable bonds is 10. The van der Waals surface area contributed by atoms with Crippen molar-refractivity contribution in [2.75, 3.05) is 0 Å². The zero-order valence-electron chi connectivity index (χ0n) is 19.2. The van der Waals surface area contributed by atoms with Crippen molar-refractivity contribution in [2.24, 2.45) is 35.5 Å². The molecule has 0 aromatic heterocycles. The lowest BCUT2D eigenvalue weighted by Gasteiger charge is -2.36. The van der Waals surface area contributed by atoms with Gasteiger partial charge in [-0.2, -0.15) is 0 Å². The van der Waals surface area contributed by atoms with Gasteiger partial charge in [0.25, 0.3) is 0 Å². The quantitative estimate of drug-likeness (QED) is 0.367. The van der Waals surface area contributed by atoms with Crippen LogP contribution in [-0.2, 0) is 0 Å². The first kappa shape index (κ1) is 25.0. The van der Waals surface area contributed by atoms with Gasteiger partial charge in [0.15, 0.2) is 0 Å². The highest BCUT2D eigenvalue weighted by Crippen LogP contribution is 2.40. The molecule has 0 aromatic carbocycles. The van der Waals surface area contributed by atoms with E-state index in [-0.39, 0.29) is 0 Å². The highest BCUT2D eigenvalue weighted by molar-refractivity contribution is 4.79. The van der Waals surface area contributed by atoms with Gasteiger partial charge in [-0.15, -0.1) is 0 Å². The van der Waals surface area contributed by atoms with E-state index >= 15 is 0 Å². The second-order valence-electron chi connectivity index (χ2n) is 9.09. The van der Waals surface area contributed by atoms with Crippen LogP contribution in [0.2, 0.25) is 0 Å². The van der Waals surface area contributed by atoms with Crippen LogP contribution in [-0.4, -0.2) is 0 Å².